The molecule has 5 aromatic carbocycles. The van der Waals surface area contributed by atoms with Crippen LogP contribution in [0.3, 0.4) is 0 Å². The largest absolute Gasteiger partial charge is 0.523 e. The summed E-state index contributed by atoms with van der Waals surface area (Å²) in [6, 6.07) is 29.8. The quantitative estimate of drug-likeness (QED) is 0.0307. The molecule has 0 aromatic heterocycles. The first-order valence-corrected chi connectivity index (χ1v) is 19.3. The normalized spacial score (nSPS) is 10.5. The van der Waals surface area contributed by atoms with Crippen LogP contribution >= 0.6 is 0 Å². The molecule has 0 unspecified atom stereocenters. The molecule has 0 bridgehead atoms. The van der Waals surface area contributed by atoms with E-state index >= 15 is 0 Å². The minimum absolute atomic E-state index is 0.0967. The van der Waals surface area contributed by atoms with E-state index in [2.05, 4.69) is 14.8 Å². The van der Waals surface area contributed by atoms with Crippen LogP contribution in [0.25, 0.3) is 0 Å². The highest BCUT2D eigenvalue weighted by atomic mass is 32.2. The van der Waals surface area contributed by atoms with Gasteiger partial charge in [0.25, 0.3) is 0 Å². The summed E-state index contributed by atoms with van der Waals surface area (Å²) in [6.45, 7) is 5.40. The third-order valence-electron chi connectivity index (χ3n) is 6.93. The number of carbonyl (C=O) groups is 2. The smallest absolute Gasteiger partial charge is 0.506 e. The summed E-state index contributed by atoms with van der Waals surface area (Å²) in [4.78, 5) is 23.2. The summed E-state index contributed by atoms with van der Waals surface area (Å²) in [5.41, 5.74) is 2.85. The molecule has 0 heterocycles. The van der Waals surface area contributed by atoms with Gasteiger partial charge in [0.05, 0.1) is 36.9 Å². The van der Waals surface area contributed by atoms with Crippen molar-refractivity contribution in [1.29, 1.82) is 0 Å². The number of hydrogen-bond donors (Lipinski definition) is 4. The van der Waals surface area contributed by atoms with Crippen molar-refractivity contribution < 1.29 is 72.6 Å². The minimum atomic E-state index is -5.35. The SMILES string of the molecule is CCOS(=O)(=O)C(F)(F)F.CCOc1cc(F)ccc1N.CCOc1cc(F)ccc1NC(=O)OCc1ccccc1.O=C(Nc1ccc(F)cc1O)OCc1ccccc1. The van der Waals surface area contributed by atoms with Gasteiger partial charge in [-0.2, -0.15) is 21.6 Å². The van der Waals surface area contributed by atoms with E-state index in [0.717, 1.165) is 30.2 Å². The number of amides is 2. The number of anilines is 3. The first-order chi connectivity index (χ1) is 28.9. The maximum atomic E-state index is 13.2. The summed E-state index contributed by atoms with van der Waals surface area (Å²) < 4.78 is 116. The van der Waals surface area contributed by atoms with Crippen molar-refractivity contribution in [2.24, 2.45) is 0 Å². The maximum absolute atomic E-state index is 13.2. The van der Waals surface area contributed by atoms with Gasteiger partial charge < -0.3 is 29.8 Å². The van der Waals surface area contributed by atoms with E-state index in [-0.39, 0.29) is 36.2 Å². The molecule has 0 spiro atoms. The van der Waals surface area contributed by atoms with Crippen LogP contribution in [-0.4, -0.2) is 51.0 Å². The van der Waals surface area contributed by atoms with Crippen LogP contribution in [0.5, 0.6) is 17.2 Å². The van der Waals surface area contributed by atoms with Gasteiger partial charge in [0, 0.05) is 18.2 Å². The van der Waals surface area contributed by atoms with Crippen molar-refractivity contribution in [3.05, 3.63) is 144 Å². The van der Waals surface area contributed by atoms with E-state index in [1.165, 1.54) is 42.5 Å². The number of phenols is 1. The fraction of sp³-hybridized carbons (Fsp3) is 0.220. The standard InChI is InChI=1S/C16H16FNO3.C14H12FNO3.C8H10FNO.C3H5F3O3S/c1-2-20-15-10-13(17)8-9-14(15)18-16(19)21-11-12-6-4-3-5-7-12;15-11-6-7-12(13(17)8-11)16-14(18)19-9-10-4-2-1-3-5-10;1-2-11-8-5-6(9)3-4-7(8)10;1-2-9-10(7,8)3(4,5)6/h3-10H,2,11H2,1H3,(H,18,19);1-8,17H,9H2,(H,16,18);3-5H,2,10H2,1H3;2H2,1H3. The van der Waals surface area contributed by atoms with Crippen molar-refractivity contribution in [2.45, 2.75) is 39.5 Å². The number of halogens is 6. The Morgan fingerprint density at radius 2 is 1.05 bits per heavy atom. The maximum Gasteiger partial charge on any atom is 0.523 e. The zero-order valence-electron chi connectivity index (χ0n) is 32.9. The lowest BCUT2D eigenvalue weighted by Crippen LogP contribution is -2.25. The summed E-state index contributed by atoms with van der Waals surface area (Å²) in [6.07, 6.45) is -1.34. The lowest BCUT2D eigenvalue weighted by atomic mass is 10.2. The molecule has 13 nitrogen and oxygen atoms in total. The van der Waals surface area contributed by atoms with Gasteiger partial charge in [-0.15, -0.1) is 0 Å². The molecule has 61 heavy (non-hydrogen) atoms. The van der Waals surface area contributed by atoms with Crippen molar-refractivity contribution in [3.63, 3.8) is 0 Å². The molecule has 330 valence electrons. The number of rotatable bonds is 12. The number of benzene rings is 5. The highest BCUT2D eigenvalue weighted by Gasteiger charge is 2.46. The Labute approximate surface area is 348 Å². The van der Waals surface area contributed by atoms with Crippen molar-refractivity contribution in [2.75, 3.05) is 36.2 Å². The van der Waals surface area contributed by atoms with Gasteiger partial charge in [-0.3, -0.25) is 14.8 Å². The van der Waals surface area contributed by atoms with Gasteiger partial charge in [0.2, 0.25) is 0 Å². The molecule has 5 N–H and O–H groups in total. The Hall–Kier alpha value is -6.67. The highest BCUT2D eigenvalue weighted by Crippen LogP contribution is 2.27. The molecule has 0 atom stereocenters. The third-order valence-corrected chi connectivity index (χ3v) is 8.05. The number of carbonyl (C=O) groups excluding carboxylic acids is 2. The second-order valence-corrected chi connectivity index (χ2v) is 13.1. The Morgan fingerprint density at radius 3 is 1.49 bits per heavy atom. The third kappa shape index (κ3) is 19.3. The number of nitrogens with one attached hydrogen (secondary N) is 2. The molecule has 0 aliphatic rings. The molecule has 0 fully saturated rings. The highest BCUT2D eigenvalue weighted by molar-refractivity contribution is 7.87. The fourth-order valence-corrected chi connectivity index (χ4v) is 4.68. The predicted molar refractivity (Wildman–Crippen MR) is 215 cm³/mol. The first kappa shape index (κ1) is 50.5. The number of nitrogen functional groups attached to an aromatic ring is 1. The number of nitrogens with two attached hydrogens (primary N) is 1. The number of aromatic hydroxyl groups is 1. The topological polar surface area (TPSA) is 185 Å². The van der Waals surface area contributed by atoms with Gasteiger partial charge in [0.1, 0.15) is 47.9 Å². The number of ether oxygens (including phenoxy) is 4. The molecule has 0 aliphatic carbocycles. The van der Waals surface area contributed by atoms with Crippen LogP contribution in [0, 0.1) is 17.5 Å². The molecule has 0 aliphatic heterocycles. The minimum Gasteiger partial charge on any atom is -0.506 e. The van der Waals surface area contributed by atoms with Gasteiger partial charge in [0.15, 0.2) is 0 Å². The lowest BCUT2D eigenvalue weighted by molar-refractivity contribution is -0.0539. The average molecular weight is 884 g/mol. The van der Waals surface area contributed by atoms with E-state index in [1.807, 2.05) is 67.6 Å². The van der Waals surface area contributed by atoms with Gasteiger partial charge in [-0.05, 0) is 68.3 Å². The van der Waals surface area contributed by atoms with Crippen LogP contribution in [0.15, 0.2) is 115 Å². The summed E-state index contributed by atoms with van der Waals surface area (Å²) in [7, 11) is -5.35. The lowest BCUT2D eigenvalue weighted by Gasteiger charge is -2.11. The van der Waals surface area contributed by atoms with Crippen LogP contribution in [0.1, 0.15) is 31.9 Å². The second-order valence-electron chi connectivity index (χ2n) is 11.5. The summed E-state index contributed by atoms with van der Waals surface area (Å²) in [5, 5.41) is 14.3. The predicted octanol–water partition coefficient (Wildman–Crippen LogP) is 9.93. The molecule has 0 saturated heterocycles. The Morgan fingerprint density at radius 1 is 0.623 bits per heavy atom. The van der Waals surface area contributed by atoms with Crippen molar-refractivity contribution >= 4 is 39.4 Å². The first-order valence-electron chi connectivity index (χ1n) is 17.9. The van der Waals surface area contributed by atoms with E-state index < -0.39 is 46.1 Å². The van der Waals surface area contributed by atoms with E-state index in [1.54, 1.807) is 6.92 Å². The molecule has 20 heteroatoms. The molecule has 5 rings (SSSR count). The van der Waals surface area contributed by atoms with E-state index in [4.69, 9.17) is 24.7 Å². The summed E-state index contributed by atoms with van der Waals surface area (Å²) in [5.74, 6) is -1.01. The van der Waals surface area contributed by atoms with Gasteiger partial charge in [-0.1, -0.05) is 60.7 Å². The molecule has 0 radical (unpaired) electrons. The average Bonchev–Trinajstić information content (AvgIpc) is 3.21. The van der Waals surface area contributed by atoms with Crippen molar-refractivity contribution in [1.82, 2.24) is 0 Å². The Balaban J connectivity index is 0.000000294. The van der Waals surface area contributed by atoms with Gasteiger partial charge in [-0.25, -0.2) is 22.8 Å². The molecule has 5 aromatic rings. The summed E-state index contributed by atoms with van der Waals surface area (Å²) >= 11 is 0. The second kappa shape index (κ2) is 25.7. The van der Waals surface area contributed by atoms with Gasteiger partial charge >= 0.3 is 27.8 Å². The zero-order chi connectivity index (χ0) is 45.4. The van der Waals surface area contributed by atoms with E-state index in [0.29, 0.717) is 30.3 Å². The number of hydrogen-bond acceptors (Lipinski definition) is 11. The fourth-order valence-electron chi connectivity index (χ4n) is 4.23. The Bertz CT molecular complexity index is 2220. The molecule has 2 amide bonds. The zero-order valence-corrected chi connectivity index (χ0v) is 33.7. The van der Waals surface area contributed by atoms with Crippen molar-refractivity contribution in [3.8, 4) is 17.2 Å². The number of phenolic OH excluding ortho intramolecular Hbond substituents is 1. The monoisotopic (exact) mass is 883 g/mol. The number of alkyl halides is 3. The van der Waals surface area contributed by atoms with Crippen LogP contribution in [0.2, 0.25) is 0 Å². The van der Waals surface area contributed by atoms with E-state index in [9.17, 15) is 49.5 Å². The van der Waals surface area contributed by atoms with Crippen LogP contribution < -0.4 is 25.8 Å². The molecular weight excluding hydrogens is 841 g/mol. The van der Waals surface area contributed by atoms with Crippen LogP contribution in [-0.2, 0) is 37.0 Å². The Kier molecular flexibility index (Phi) is 21.3. The molecule has 0 saturated carbocycles. The van der Waals surface area contributed by atoms with Crippen LogP contribution in [0.4, 0.5) is 53.0 Å². The molecular formula is C41H43F6N3O10S.